The Hall–Kier alpha value is -2.82. The highest BCUT2D eigenvalue weighted by molar-refractivity contribution is 7.13. The molecular weight excluding hydrogens is 514 g/mol. The van der Waals surface area contributed by atoms with Crippen LogP contribution in [-0.2, 0) is 22.6 Å². The van der Waals surface area contributed by atoms with Crippen molar-refractivity contribution in [2.45, 2.75) is 50.7 Å². The zero-order chi connectivity index (χ0) is 26.7. The van der Waals surface area contributed by atoms with Crippen LogP contribution in [0.1, 0.15) is 56.4 Å². The van der Waals surface area contributed by atoms with Crippen molar-refractivity contribution in [1.29, 1.82) is 0 Å². The van der Waals surface area contributed by atoms with Crippen LogP contribution in [0.3, 0.4) is 0 Å². The third-order valence-electron chi connectivity index (χ3n) is 6.91. The smallest absolute Gasteiger partial charge is 0.280 e. The van der Waals surface area contributed by atoms with E-state index >= 15 is 0 Å². The molecule has 2 aliphatic rings. The molecule has 0 bridgehead atoms. The Bertz CT molecular complexity index is 1180. The zero-order valence-electron chi connectivity index (χ0n) is 21.3. The van der Waals surface area contributed by atoms with Crippen LogP contribution in [0.4, 0.5) is 0 Å². The minimum absolute atomic E-state index is 0.00492. The molecule has 1 aromatic carbocycles. The van der Waals surface area contributed by atoms with Crippen LogP contribution in [0.2, 0.25) is 5.02 Å². The van der Waals surface area contributed by atoms with Crippen molar-refractivity contribution in [3.63, 3.8) is 0 Å². The first-order chi connectivity index (χ1) is 17.6. The average Bonchev–Trinajstić information content (AvgIpc) is 3.28. The lowest BCUT2D eigenvalue weighted by atomic mass is 9.81. The summed E-state index contributed by atoms with van der Waals surface area (Å²) in [4.78, 5) is 60.6. The van der Waals surface area contributed by atoms with Gasteiger partial charge in [-0.25, -0.2) is 4.98 Å². The number of fused-ring (bicyclic) bond motifs is 1. The fraction of sp³-hybridized carbons (Fsp3) is 0.500. The van der Waals surface area contributed by atoms with E-state index in [1.807, 2.05) is 7.05 Å². The van der Waals surface area contributed by atoms with Crippen LogP contribution in [0.25, 0.3) is 0 Å². The normalized spacial score (nSPS) is 21.6. The van der Waals surface area contributed by atoms with Crippen LogP contribution in [0, 0.1) is 5.92 Å². The summed E-state index contributed by atoms with van der Waals surface area (Å²) in [5.74, 6) is -1.31. The Morgan fingerprint density at radius 2 is 1.84 bits per heavy atom. The number of nitrogens with one attached hydrogen (secondary N) is 2. The van der Waals surface area contributed by atoms with Crippen LogP contribution in [0.5, 0.6) is 0 Å². The van der Waals surface area contributed by atoms with Gasteiger partial charge in [-0.05, 0) is 50.6 Å². The Morgan fingerprint density at radius 1 is 1.11 bits per heavy atom. The molecule has 4 rings (SSSR count). The maximum Gasteiger partial charge on any atom is 0.280 e. The number of nitrogens with zero attached hydrogens (tertiary/aromatic N) is 3. The first-order valence-electron chi connectivity index (χ1n) is 12.4. The van der Waals surface area contributed by atoms with Crippen molar-refractivity contribution in [2.75, 3.05) is 27.7 Å². The number of ketones is 1. The number of thiazole rings is 1. The molecule has 2 N–H and O–H groups in total. The van der Waals surface area contributed by atoms with E-state index in [1.54, 1.807) is 43.3 Å². The molecule has 9 nitrogen and oxygen atoms in total. The van der Waals surface area contributed by atoms with E-state index in [-0.39, 0.29) is 29.9 Å². The fourth-order valence-corrected chi connectivity index (χ4v) is 6.10. The van der Waals surface area contributed by atoms with Gasteiger partial charge >= 0.3 is 0 Å². The first-order valence-corrected chi connectivity index (χ1v) is 13.6. The molecule has 198 valence electrons. The van der Waals surface area contributed by atoms with E-state index in [4.69, 9.17) is 11.6 Å². The van der Waals surface area contributed by atoms with Crippen LogP contribution in [-0.4, -0.2) is 78.1 Å². The fourth-order valence-electron chi connectivity index (χ4n) is 4.88. The quantitative estimate of drug-likeness (QED) is 0.408. The molecule has 0 unspecified atom stereocenters. The lowest BCUT2D eigenvalue weighted by Crippen LogP contribution is -2.56. The van der Waals surface area contributed by atoms with E-state index in [0.29, 0.717) is 34.9 Å². The zero-order valence-corrected chi connectivity index (χ0v) is 22.8. The van der Waals surface area contributed by atoms with Gasteiger partial charge in [-0.3, -0.25) is 19.2 Å². The van der Waals surface area contributed by atoms with Gasteiger partial charge in [-0.15, -0.1) is 11.3 Å². The SMILES string of the molecule is CN1CCc2nc(C(=O)N[C@@H]3C[C@@H](C(=O)N(C)C)CC[C@@H]3NC(=O)CC(=O)c3ccc(Cl)cc3)sc2C1. The van der Waals surface area contributed by atoms with Gasteiger partial charge in [-0.1, -0.05) is 11.6 Å². The Labute approximate surface area is 225 Å². The second-order valence-electron chi connectivity index (χ2n) is 9.98. The minimum atomic E-state index is -0.465. The van der Waals surface area contributed by atoms with Crippen molar-refractivity contribution in [3.8, 4) is 0 Å². The number of carbonyl (C=O) groups is 4. The molecule has 2 aromatic rings. The first kappa shape index (κ1) is 27.2. The highest BCUT2D eigenvalue weighted by Crippen LogP contribution is 2.28. The third-order valence-corrected chi connectivity index (χ3v) is 8.24. The van der Waals surface area contributed by atoms with Crippen molar-refractivity contribution >= 4 is 46.4 Å². The van der Waals surface area contributed by atoms with Crippen LogP contribution < -0.4 is 10.6 Å². The van der Waals surface area contributed by atoms with E-state index in [0.717, 1.165) is 30.1 Å². The van der Waals surface area contributed by atoms with Crippen molar-refractivity contribution < 1.29 is 19.2 Å². The number of aromatic nitrogens is 1. The van der Waals surface area contributed by atoms with Crippen LogP contribution in [0.15, 0.2) is 24.3 Å². The summed E-state index contributed by atoms with van der Waals surface area (Å²) >= 11 is 7.27. The van der Waals surface area contributed by atoms with E-state index in [2.05, 4.69) is 20.5 Å². The average molecular weight is 546 g/mol. The molecule has 3 amide bonds. The second-order valence-corrected chi connectivity index (χ2v) is 11.5. The number of rotatable bonds is 7. The lowest BCUT2D eigenvalue weighted by Gasteiger charge is -2.37. The molecule has 1 aromatic heterocycles. The molecule has 1 aliphatic carbocycles. The van der Waals surface area contributed by atoms with Gasteiger partial charge in [0.1, 0.15) is 0 Å². The molecular formula is C26H32ClN5O4S. The van der Waals surface area contributed by atoms with Gasteiger partial charge < -0.3 is 20.4 Å². The molecule has 0 radical (unpaired) electrons. The maximum absolute atomic E-state index is 13.2. The highest BCUT2D eigenvalue weighted by Gasteiger charge is 2.37. The topological polar surface area (TPSA) is 112 Å². The number of hydrogen-bond donors (Lipinski definition) is 2. The van der Waals surface area contributed by atoms with E-state index < -0.39 is 18.0 Å². The van der Waals surface area contributed by atoms with Gasteiger partial charge in [0.2, 0.25) is 11.8 Å². The summed E-state index contributed by atoms with van der Waals surface area (Å²) in [5, 5.41) is 6.87. The molecule has 2 heterocycles. The predicted molar refractivity (Wildman–Crippen MR) is 142 cm³/mol. The summed E-state index contributed by atoms with van der Waals surface area (Å²) in [6.07, 6.45) is 1.98. The maximum atomic E-state index is 13.2. The van der Waals surface area contributed by atoms with Gasteiger partial charge in [0, 0.05) is 61.0 Å². The summed E-state index contributed by atoms with van der Waals surface area (Å²) in [6.45, 7) is 1.67. The van der Waals surface area contributed by atoms with E-state index in [1.165, 1.54) is 11.3 Å². The van der Waals surface area contributed by atoms with Gasteiger partial charge in [0.05, 0.1) is 18.2 Å². The number of carbonyl (C=O) groups excluding carboxylic acids is 4. The number of Topliss-reactive ketones (excluding diaryl/α,β-unsaturated/α-hetero) is 1. The van der Waals surface area contributed by atoms with E-state index in [9.17, 15) is 19.2 Å². The van der Waals surface area contributed by atoms with Gasteiger partial charge in [0.25, 0.3) is 5.91 Å². The monoisotopic (exact) mass is 545 g/mol. The Morgan fingerprint density at radius 3 is 2.54 bits per heavy atom. The number of amides is 3. The second kappa shape index (κ2) is 11.7. The molecule has 0 spiro atoms. The standard InChI is InChI=1S/C26H32ClN5O4S/c1-31(2)26(36)16-6-9-18(28-23(34)13-21(33)15-4-7-17(27)8-5-15)20(12-16)29-24(35)25-30-19-10-11-32(3)14-22(19)37-25/h4-5,7-8,16,18,20H,6,9-14H2,1-3H3,(H,28,34)(H,29,35)/t16-,18-,20+/m0/s1. The lowest BCUT2D eigenvalue weighted by molar-refractivity contribution is -0.134. The Kier molecular flexibility index (Phi) is 8.61. The van der Waals surface area contributed by atoms with Crippen LogP contribution >= 0.6 is 22.9 Å². The number of benzene rings is 1. The third kappa shape index (κ3) is 6.74. The molecule has 1 aliphatic heterocycles. The summed E-state index contributed by atoms with van der Waals surface area (Å²) in [5.41, 5.74) is 1.37. The van der Waals surface area contributed by atoms with Crippen molar-refractivity contribution in [3.05, 3.63) is 50.4 Å². The molecule has 1 saturated carbocycles. The molecule has 1 fully saturated rings. The minimum Gasteiger partial charge on any atom is -0.351 e. The van der Waals surface area contributed by atoms with Crippen molar-refractivity contribution in [1.82, 2.24) is 25.4 Å². The molecule has 0 saturated heterocycles. The molecule has 3 atom stereocenters. The molecule has 37 heavy (non-hydrogen) atoms. The Balaban J connectivity index is 1.45. The van der Waals surface area contributed by atoms with Gasteiger partial charge in [-0.2, -0.15) is 0 Å². The number of hydrogen-bond acceptors (Lipinski definition) is 7. The molecule has 11 heteroatoms. The van der Waals surface area contributed by atoms with Gasteiger partial charge in [0.15, 0.2) is 10.8 Å². The predicted octanol–water partition coefficient (Wildman–Crippen LogP) is 2.53. The summed E-state index contributed by atoms with van der Waals surface area (Å²) < 4.78 is 0. The number of halogens is 1. The largest absolute Gasteiger partial charge is 0.351 e. The number of likely N-dealkylation sites (N-methyl/N-ethyl adjacent to an activating group) is 1. The van der Waals surface area contributed by atoms with Crippen molar-refractivity contribution in [2.24, 2.45) is 5.92 Å². The summed E-state index contributed by atoms with van der Waals surface area (Å²) in [7, 11) is 5.46. The highest BCUT2D eigenvalue weighted by atomic mass is 35.5. The summed E-state index contributed by atoms with van der Waals surface area (Å²) in [6, 6.07) is 5.52.